The fourth-order valence-electron chi connectivity index (χ4n) is 5.83. The molecular formula is C34H57P. The van der Waals surface area contributed by atoms with E-state index in [9.17, 15) is 0 Å². The Balaban J connectivity index is 1.59. The first kappa shape index (κ1) is 30.1. The quantitative estimate of drug-likeness (QED) is 0.119. The van der Waals surface area contributed by atoms with E-state index in [1.54, 1.807) is 0 Å². The normalized spacial score (nSPS) is 12.9. The van der Waals surface area contributed by atoms with Crippen LogP contribution < -0.4 is 0 Å². The third kappa shape index (κ3) is 14.3. The van der Waals surface area contributed by atoms with Gasteiger partial charge in [-0.15, -0.1) is 0 Å². The third-order valence-corrected chi connectivity index (χ3v) is 12.6. The molecule has 0 saturated carbocycles. The van der Waals surface area contributed by atoms with Crippen LogP contribution in [-0.4, -0.2) is 19.5 Å². The number of rotatable bonds is 21. The minimum absolute atomic E-state index is 1.28. The Hall–Kier alpha value is -1.13. The topological polar surface area (TPSA) is 0 Å². The van der Waals surface area contributed by atoms with E-state index < -0.39 is 6.60 Å². The van der Waals surface area contributed by atoms with Crippen molar-refractivity contribution in [3.63, 3.8) is 0 Å². The number of hydrogen-bond donors (Lipinski definition) is 0. The van der Waals surface area contributed by atoms with Gasteiger partial charge in [0, 0.05) is 0 Å². The molecular weight excluding hydrogens is 439 g/mol. The van der Waals surface area contributed by atoms with E-state index in [-0.39, 0.29) is 0 Å². The molecule has 0 radical (unpaired) electrons. The summed E-state index contributed by atoms with van der Waals surface area (Å²) in [6.07, 6.45) is 27.1. The van der Waals surface area contributed by atoms with Gasteiger partial charge < -0.3 is 0 Å². The second kappa shape index (κ2) is 17.3. The summed E-state index contributed by atoms with van der Waals surface area (Å²) >= 11 is 0. The van der Waals surface area contributed by atoms with Gasteiger partial charge >= 0.3 is 181 Å². The Morgan fingerprint density at radius 1 is 0.429 bits per heavy atom. The van der Waals surface area contributed by atoms with Crippen molar-refractivity contribution in [3.8, 4) is 0 Å². The van der Waals surface area contributed by atoms with E-state index in [1.165, 1.54) is 132 Å². The molecule has 0 aliphatic rings. The van der Waals surface area contributed by atoms with Crippen LogP contribution in [0.2, 0.25) is 0 Å². The zero-order valence-corrected chi connectivity index (χ0v) is 24.6. The molecule has 0 saturated heterocycles. The molecule has 198 valence electrons. The zero-order valence-electron chi connectivity index (χ0n) is 23.7. The van der Waals surface area contributed by atoms with Gasteiger partial charge in [-0.05, 0) is 0 Å². The monoisotopic (exact) mass is 496 g/mol. The van der Waals surface area contributed by atoms with E-state index >= 15 is 0 Å². The number of benzene rings is 2. The van der Waals surface area contributed by atoms with Gasteiger partial charge in [-0.3, -0.25) is 0 Å². The van der Waals surface area contributed by atoms with Crippen molar-refractivity contribution >= 4 is 6.60 Å². The van der Waals surface area contributed by atoms with Crippen LogP contribution in [0.1, 0.15) is 121 Å². The molecule has 0 aliphatic carbocycles. The van der Waals surface area contributed by atoms with Crippen LogP contribution in [0, 0.1) is 0 Å². The van der Waals surface area contributed by atoms with Crippen molar-refractivity contribution in [2.75, 3.05) is 19.5 Å². The average molecular weight is 497 g/mol. The summed E-state index contributed by atoms with van der Waals surface area (Å²) in [4.78, 5) is 0. The Morgan fingerprint density at radius 3 is 1.09 bits per heavy atom. The van der Waals surface area contributed by atoms with E-state index in [2.05, 4.69) is 80.9 Å². The first-order valence-electron chi connectivity index (χ1n) is 15.1. The maximum atomic E-state index is 2.66. The van der Waals surface area contributed by atoms with Crippen molar-refractivity contribution < 1.29 is 0 Å². The van der Waals surface area contributed by atoms with E-state index in [1.807, 2.05) is 0 Å². The molecule has 35 heavy (non-hydrogen) atoms. The SMILES string of the molecule is CCCCCCCCCCCCCCCCCCP(C)(C)(Cc1ccccc1)Cc1ccccc1. The molecule has 2 rings (SSSR count). The predicted octanol–water partition coefficient (Wildman–Crippen LogP) is 11.5. The molecule has 2 aromatic carbocycles. The molecule has 0 unspecified atom stereocenters. The molecule has 0 N–H and O–H groups in total. The first-order chi connectivity index (χ1) is 17.0. The number of hydrogen-bond acceptors (Lipinski definition) is 0. The van der Waals surface area contributed by atoms with Crippen LogP contribution in [0.25, 0.3) is 0 Å². The van der Waals surface area contributed by atoms with Crippen LogP contribution >= 0.6 is 6.60 Å². The van der Waals surface area contributed by atoms with Gasteiger partial charge in [-0.1, -0.05) is 39.0 Å². The van der Waals surface area contributed by atoms with Crippen LogP contribution in [0.15, 0.2) is 60.7 Å². The Bertz CT molecular complexity index is 703. The summed E-state index contributed by atoms with van der Waals surface area (Å²) in [5, 5.41) is 0. The molecule has 0 bridgehead atoms. The zero-order chi connectivity index (χ0) is 25.1. The van der Waals surface area contributed by atoms with Crippen LogP contribution in [0.5, 0.6) is 0 Å². The fourth-order valence-corrected chi connectivity index (χ4v) is 10.5. The predicted molar refractivity (Wildman–Crippen MR) is 163 cm³/mol. The molecule has 0 fully saturated rings. The summed E-state index contributed by atoms with van der Waals surface area (Å²) in [6.45, 7) is 5.80. The van der Waals surface area contributed by atoms with Gasteiger partial charge in [0.2, 0.25) is 0 Å². The second-order valence-corrected chi connectivity index (χ2v) is 19.4. The van der Waals surface area contributed by atoms with Crippen LogP contribution in [0.4, 0.5) is 0 Å². The molecule has 0 nitrogen and oxygen atoms in total. The Morgan fingerprint density at radius 2 is 0.743 bits per heavy atom. The van der Waals surface area contributed by atoms with E-state index in [4.69, 9.17) is 0 Å². The van der Waals surface area contributed by atoms with Crippen LogP contribution in [0.3, 0.4) is 0 Å². The second-order valence-electron chi connectivity index (χ2n) is 12.3. The summed E-state index contributed by atoms with van der Waals surface area (Å²) < 4.78 is 0. The van der Waals surface area contributed by atoms with Crippen molar-refractivity contribution in [1.82, 2.24) is 0 Å². The maximum absolute atomic E-state index is 2.66. The molecule has 0 aliphatic heterocycles. The van der Waals surface area contributed by atoms with Gasteiger partial charge in [-0.2, -0.15) is 0 Å². The Labute approximate surface area is 219 Å². The minimum atomic E-state index is -1.83. The molecule has 0 spiro atoms. The van der Waals surface area contributed by atoms with Gasteiger partial charge in [0.15, 0.2) is 0 Å². The summed E-state index contributed by atoms with van der Waals surface area (Å²) in [5.74, 6) is 0. The Kier molecular flexibility index (Phi) is 14.9. The third-order valence-electron chi connectivity index (χ3n) is 7.91. The van der Waals surface area contributed by atoms with Gasteiger partial charge in [0.05, 0.1) is 0 Å². The van der Waals surface area contributed by atoms with Crippen molar-refractivity contribution in [3.05, 3.63) is 71.8 Å². The van der Waals surface area contributed by atoms with Crippen molar-refractivity contribution in [2.45, 2.75) is 122 Å². The fraction of sp³-hybridized carbons (Fsp3) is 0.647. The van der Waals surface area contributed by atoms with Gasteiger partial charge in [0.1, 0.15) is 0 Å². The molecule has 1 heteroatoms. The molecule has 0 heterocycles. The number of unbranched alkanes of at least 4 members (excludes halogenated alkanes) is 15. The molecule has 0 amide bonds. The van der Waals surface area contributed by atoms with Crippen LogP contribution in [-0.2, 0) is 12.3 Å². The van der Waals surface area contributed by atoms with Gasteiger partial charge in [0.25, 0.3) is 0 Å². The summed E-state index contributed by atoms with van der Waals surface area (Å²) in [6, 6.07) is 22.5. The average Bonchev–Trinajstić information content (AvgIpc) is 2.84. The van der Waals surface area contributed by atoms with Crippen molar-refractivity contribution in [1.29, 1.82) is 0 Å². The van der Waals surface area contributed by atoms with Crippen molar-refractivity contribution in [2.24, 2.45) is 0 Å². The standard InChI is InChI=1S/C34H57P/c1-4-5-6-7-8-9-10-11-12-13-14-15-16-17-18-25-30-35(2,3,31-33-26-21-19-22-27-33)32-34-28-23-20-24-29-34/h19-24,26-29H,4-18,25,30-32H2,1-3H3. The summed E-state index contributed by atoms with van der Waals surface area (Å²) in [7, 11) is 0. The summed E-state index contributed by atoms with van der Waals surface area (Å²) in [5.41, 5.74) is 3.06. The van der Waals surface area contributed by atoms with Gasteiger partial charge in [-0.25, -0.2) is 0 Å². The molecule has 0 atom stereocenters. The van der Waals surface area contributed by atoms with E-state index in [0.717, 1.165) is 0 Å². The molecule has 0 aromatic heterocycles. The van der Waals surface area contributed by atoms with E-state index in [0.29, 0.717) is 0 Å². The molecule has 2 aromatic rings. The first-order valence-corrected chi connectivity index (χ1v) is 18.8.